The zero-order valence-electron chi connectivity index (χ0n) is 13.9. The van der Waals surface area contributed by atoms with Gasteiger partial charge in [-0.25, -0.2) is 4.79 Å². The average Bonchev–Trinajstić information content (AvgIpc) is 2.58. The molecule has 4 nitrogen and oxygen atoms in total. The highest BCUT2D eigenvalue weighted by atomic mass is 79.9. The number of allylic oxidation sites excluding steroid dienone is 1. The number of aliphatic carboxylic acids is 1. The maximum absolute atomic E-state index is 12.2. The molecule has 0 saturated carbocycles. The van der Waals surface area contributed by atoms with Crippen LogP contribution in [0.15, 0.2) is 46.9 Å². The summed E-state index contributed by atoms with van der Waals surface area (Å²) in [6.45, 7) is 2.81. The van der Waals surface area contributed by atoms with E-state index in [4.69, 9.17) is 33.0 Å². The lowest BCUT2D eigenvalue weighted by Gasteiger charge is -2.22. The first-order valence-electron chi connectivity index (χ1n) is 7.50. The summed E-state index contributed by atoms with van der Waals surface area (Å²) in [5, 5.41) is 9.39. The van der Waals surface area contributed by atoms with Gasteiger partial charge in [-0.2, -0.15) is 0 Å². The van der Waals surface area contributed by atoms with Crippen LogP contribution in [-0.4, -0.2) is 22.5 Å². The lowest BCUT2D eigenvalue weighted by molar-refractivity contribution is -0.152. The van der Waals surface area contributed by atoms with Gasteiger partial charge in [-0.15, -0.1) is 0 Å². The predicted octanol–water partition coefficient (Wildman–Crippen LogP) is 5.89. The summed E-state index contributed by atoms with van der Waals surface area (Å²) in [7, 11) is 0. The van der Waals surface area contributed by atoms with Crippen LogP contribution in [0.5, 0.6) is 5.75 Å². The van der Waals surface area contributed by atoms with Gasteiger partial charge < -0.3 is 9.84 Å². The van der Waals surface area contributed by atoms with Gasteiger partial charge in [-0.3, -0.25) is 4.79 Å². The molecule has 0 fully saturated rings. The lowest BCUT2D eigenvalue weighted by Crippen LogP contribution is -2.37. The molecular weight excluding hydrogens is 443 g/mol. The smallest absolute Gasteiger partial charge is 0.347 e. The van der Waals surface area contributed by atoms with Crippen molar-refractivity contribution in [3.63, 3.8) is 0 Å². The van der Waals surface area contributed by atoms with Crippen LogP contribution in [0.4, 0.5) is 0 Å². The van der Waals surface area contributed by atoms with Crippen LogP contribution in [0.1, 0.15) is 29.8 Å². The minimum Gasteiger partial charge on any atom is -0.478 e. The number of hydrogen-bond donors (Lipinski definition) is 1. The van der Waals surface area contributed by atoms with Crippen molar-refractivity contribution in [3.8, 4) is 5.75 Å². The number of ketones is 1. The standard InChI is InChI=1S/C19H15BrCl2O4/c1-19(2,18(24)25)26-15-10-6-12(16(21)17(15)22)5-9-14(23)11-3-7-13(20)8-4-11/h3-10H,1-2H3,(H,24,25)/b9-5+. The number of carbonyl (C=O) groups is 2. The van der Waals surface area contributed by atoms with Crippen molar-refractivity contribution < 1.29 is 19.4 Å². The van der Waals surface area contributed by atoms with E-state index in [1.807, 2.05) is 0 Å². The SMILES string of the molecule is CC(C)(Oc1ccc(/C=C/C(=O)c2ccc(Br)cc2)c(Cl)c1Cl)C(=O)O. The summed E-state index contributed by atoms with van der Waals surface area (Å²) in [4.78, 5) is 23.4. The van der Waals surface area contributed by atoms with Crippen LogP contribution < -0.4 is 4.74 Å². The number of halogens is 3. The second kappa shape index (κ2) is 8.25. The molecule has 7 heteroatoms. The molecule has 0 saturated heterocycles. The quantitative estimate of drug-likeness (QED) is 0.433. The van der Waals surface area contributed by atoms with Crippen molar-refractivity contribution in [3.05, 3.63) is 68.1 Å². The maximum atomic E-state index is 12.2. The van der Waals surface area contributed by atoms with E-state index in [1.165, 1.54) is 26.0 Å². The van der Waals surface area contributed by atoms with E-state index in [9.17, 15) is 9.59 Å². The van der Waals surface area contributed by atoms with Gasteiger partial charge in [0.2, 0.25) is 0 Å². The number of carbonyl (C=O) groups excluding carboxylic acids is 1. The third-order valence-electron chi connectivity index (χ3n) is 3.50. The van der Waals surface area contributed by atoms with E-state index in [-0.39, 0.29) is 21.6 Å². The molecule has 0 aliphatic rings. The van der Waals surface area contributed by atoms with Crippen molar-refractivity contribution in [1.29, 1.82) is 0 Å². The second-order valence-electron chi connectivity index (χ2n) is 5.90. The van der Waals surface area contributed by atoms with Crippen molar-refractivity contribution in [2.45, 2.75) is 19.4 Å². The van der Waals surface area contributed by atoms with Crippen LogP contribution in [0.2, 0.25) is 10.0 Å². The highest BCUT2D eigenvalue weighted by Gasteiger charge is 2.30. The predicted molar refractivity (Wildman–Crippen MR) is 106 cm³/mol. The van der Waals surface area contributed by atoms with E-state index in [0.717, 1.165) is 4.47 Å². The molecule has 2 aromatic rings. The first-order valence-corrected chi connectivity index (χ1v) is 9.05. The summed E-state index contributed by atoms with van der Waals surface area (Å²) in [5.41, 5.74) is -0.403. The normalized spacial score (nSPS) is 11.6. The largest absolute Gasteiger partial charge is 0.478 e. The van der Waals surface area contributed by atoms with E-state index in [1.54, 1.807) is 36.4 Å². The Labute approximate surface area is 169 Å². The third-order valence-corrected chi connectivity index (χ3v) is 4.91. The van der Waals surface area contributed by atoms with Crippen LogP contribution in [0.3, 0.4) is 0 Å². The number of carboxylic acids is 1. The number of ether oxygens (including phenoxy) is 1. The van der Waals surface area contributed by atoms with Crippen molar-refractivity contribution in [2.24, 2.45) is 0 Å². The number of carboxylic acid groups (broad SMARTS) is 1. The van der Waals surface area contributed by atoms with E-state index in [0.29, 0.717) is 11.1 Å². The average molecular weight is 458 g/mol. The molecule has 0 bridgehead atoms. The summed E-state index contributed by atoms with van der Waals surface area (Å²) >= 11 is 15.7. The van der Waals surface area contributed by atoms with Crippen molar-refractivity contribution in [2.75, 3.05) is 0 Å². The van der Waals surface area contributed by atoms with E-state index < -0.39 is 11.6 Å². The molecule has 0 aliphatic heterocycles. The van der Waals surface area contributed by atoms with Crippen LogP contribution >= 0.6 is 39.1 Å². The Balaban J connectivity index is 2.23. The molecule has 1 N–H and O–H groups in total. The molecule has 0 amide bonds. The molecular formula is C19H15BrCl2O4. The molecule has 0 aliphatic carbocycles. The van der Waals surface area contributed by atoms with Gasteiger partial charge in [-0.1, -0.05) is 39.1 Å². The first kappa shape index (κ1) is 20.5. The van der Waals surface area contributed by atoms with Crippen LogP contribution in [0, 0.1) is 0 Å². The van der Waals surface area contributed by atoms with Gasteiger partial charge in [0.15, 0.2) is 11.4 Å². The van der Waals surface area contributed by atoms with E-state index >= 15 is 0 Å². The summed E-state index contributed by atoms with van der Waals surface area (Å²) < 4.78 is 6.31. The molecule has 0 atom stereocenters. The Morgan fingerprint density at radius 2 is 1.69 bits per heavy atom. The summed E-state index contributed by atoms with van der Waals surface area (Å²) in [6.07, 6.45) is 2.94. The Hall–Kier alpha value is -1.82. The zero-order chi connectivity index (χ0) is 19.5. The molecule has 136 valence electrons. The fourth-order valence-corrected chi connectivity index (χ4v) is 2.64. The minimum atomic E-state index is -1.46. The van der Waals surface area contributed by atoms with Crippen LogP contribution in [0.25, 0.3) is 6.08 Å². The number of hydrogen-bond acceptors (Lipinski definition) is 3. The van der Waals surface area contributed by atoms with Gasteiger partial charge in [-0.05, 0) is 68.0 Å². The highest BCUT2D eigenvalue weighted by molar-refractivity contribution is 9.10. The molecule has 0 heterocycles. The first-order chi connectivity index (χ1) is 12.1. The molecule has 2 aromatic carbocycles. The number of benzene rings is 2. The fraction of sp³-hybridized carbons (Fsp3) is 0.158. The molecule has 26 heavy (non-hydrogen) atoms. The zero-order valence-corrected chi connectivity index (χ0v) is 17.0. The van der Waals surface area contributed by atoms with Crippen LogP contribution in [-0.2, 0) is 4.79 Å². The Morgan fingerprint density at radius 3 is 2.27 bits per heavy atom. The van der Waals surface area contributed by atoms with Gasteiger partial charge in [0.1, 0.15) is 10.8 Å². The van der Waals surface area contributed by atoms with Gasteiger partial charge in [0.05, 0.1) is 5.02 Å². The number of rotatable bonds is 6. The Kier molecular flexibility index (Phi) is 6.50. The molecule has 0 radical (unpaired) electrons. The molecule has 0 unspecified atom stereocenters. The molecule has 0 spiro atoms. The summed E-state index contributed by atoms with van der Waals surface area (Å²) in [6, 6.07) is 10.1. The van der Waals surface area contributed by atoms with Crippen molar-refractivity contribution in [1.82, 2.24) is 0 Å². The van der Waals surface area contributed by atoms with Crippen molar-refractivity contribution >= 4 is 57.0 Å². The Morgan fingerprint density at radius 1 is 1.08 bits per heavy atom. The van der Waals surface area contributed by atoms with E-state index in [2.05, 4.69) is 15.9 Å². The Bertz CT molecular complexity index is 874. The monoisotopic (exact) mass is 456 g/mol. The lowest BCUT2D eigenvalue weighted by atomic mass is 10.1. The second-order valence-corrected chi connectivity index (χ2v) is 7.57. The molecule has 2 rings (SSSR count). The maximum Gasteiger partial charge on any atom is 0.347 e. The minimum absolute atomic E-state index is 0.0826. The van der Waals surface area contributed by atoms with Gasteiger partial charge >= 0.3 is 5.97 Å². The topological polar surface area (TPSA) is 63.6 Å². The van der Waals surface area contributed by atoms with Gasteiger partial charge in [0.25, 0.3) is 0 Å². The highest BCUT2D eigenvalue weighted by Crippen LogP contribution is 2.37. The fourth-order valence-electron chi connectivity index (χ4n) is 1.95. The third kappa shape index (κ3) is 4.87. The molecule has 0 aromatic heterocycles. The summed E-state index contributed by atoms with van der Waals surface area (Å²) in [5.74, 6) is -1.16. The van der Waals surface area contributed by atoms with Gasteiger partial charge in [0, 0.05) is 10.0 Å².